The van der Waals surface area contributed by atoms with Crippen LogP contribution in [0.25, 0.3) is 6.08 Å². The highest BCUT2D eigenvalue weighted by atomic mass is 79.9. The monoisotopic (exact) mass is 684 g/mol. The topological polar surface area (TPSA) is 84.9 Å². The molecule has 0 atom stereocenters. The smallest absolute Gasteiger partial charge is 0.335 e. The fraction of sp³-hybridized carbons (Fsp3) is 0.0645. The first-order valence-corrected chi connectivity index (χ1v) is 14.4. The lowest BCUT2D eigenvalue weighted by Gasteiger charge is -2.26. The number of urea groups is 1. The molecule has 7 nitrogen and oxygen atoms in total. The van der Waals surface area contributed by atoms with Crippen molar-refractivity contribution in [3.63, 3.8) is 0 Å². The van der Waals surface area contributed by atoms with Crippen LogP contribution in [0.1, 0.15) is 16.7 Å². The molecule has 0 spiro atoms. The van der Waals surface area contributed by atoms with Gasteiger partial charge >= 0.3 is 6.03 Å². The molecule has 1 N–H and O–H groups in total. The zero-order chi connectivity index (χ0) is 29.8. The van der Waals surface area contributed by atoms with Crippen LogP contribution in [0, 0.1) is 0 Å². The van der Waals surface area contributed by atoms with Crippen molar-refractivity contribution in [2.75, 3.05) is 4.90 Å². The fourth-order valence-electron chi connectivity index (χ4n) is 4.06. The van der Waals surface area contributed by atoms with E-state index in [1.54, 1.807) is 66.7 Å². The summed E-state index contributed by atoms with van der Waals surface area (Å²) in [6.45, 7) is 0.496. The van der Waals surface area contributed by atoms with Crippen LogP contribution in [0.5, 0.6) is 11.5 Å². The molecular formula is C31H20BrCl3N2O5. The van der Waals surface area contributed by atoms with Crippen molar-refractivity contribution in [2.24, 2.45) is 0 Å². The van der Waals surface area contributed by atoms with Gasteiger partial charge in [0.05, 0.1) is 10.2 Å². The number of nitrogens with zero attached hydrogens (tertiary/aromatic N) is 1. The maximum absolute atomic E-state index is 13.3. The van der Waals surface area contributed by atoms with Crippen LogP contribution in [0.3, 0.4) is 0 Å². The quantitative estimate of drug-likeness (QED) is 0.149. The Bertz CT molecular complexity index is 1730. The first-order valence-electron chi connectivity index (χ1n) is 12.4. The zero-order valence-corrected chi connectivity index (χ0v) is 25.4. The summed E-state index contributed by atoms with van der Waals surface area (Å²) < 4.78 is 12.3. The number of halogens is 4. The van der Waals surface area contributed by atoms with Gasteiger partial charge in [0, 0.05) is 20.6 Å². The Morgan fingerprint density at radius 2 is 1.57 bits per heavy atom. The number of carbonyl (C=O) groups excluding carboxylic acids is 3. The van der Waals surface area contributed by atoms with Crippen molar-refractivity contribution in [3.05, 3.63) is 127 Å². The molecule has 0 bridgehead atoms. The predicted molar refractivity (Wildman–Crippen MR) is 166 cm³/mol. The van der Waals surface area contributed by atoms with Gasteiger partial charge in [0.2, 0.25) is 0 Å². The minimum Gasteiger partial charge on any atom is -0.489 e. The lowest BCUT2D eigenvalue weighted by molar-refractivity contribution is -0.122. The SMILES string of the molecule is O=C1NC(=O)N(c2ccc(OCc3ccc(Cl)cc3Cl)cc2)C(=O)/C1=C/c1ccc(OCc2cccc(Cl)c2)c(Br)c1. The fourth-order valence-corrected chi connectivity index (χ4v) is 5.25. The van der Waals surface area contributed by atoms with Crippen molar-refractivity contribution >= 4 is 80.3 Å². The van der Waals surface area contributed by atoms with Crippen molar-refractivity contribution in [1.29, 1.82) is 0 Å². The van der Waals surface area contributed by atoms with Gasteiger partial charge in [-0.1, -0.05) is 59.1 Å². The van der Waals surface area contributed by atoms with Crippen LogP contribution in [0.2, 0.25) is 15.1 Å². The summed E-state index contributed by atoms with van der Waals surface area (Å²) >= 11 is 21.6. The first-order chi connectivity index (χ1) is 20.2. The number of benzene rings is 4. The van der Waals surface area contributed by atoms with Gasteiger partial charge in [-0.15, -0.1) is 0 Å². The van der Waals surface area contributed by atoms with Crippen LogP contribution >= 0.6 is 50.7 Å². The Balaban J connectivity index is 1.29. The van der Waals surface area contributed by atoms with Crippen LogP contribution in [0.15, 0.2) is 95.0 Å². The number of hydrogen-bond acceptors (Lipinski definition) is 5. The lowest BCUT2D eigenvalue weighted by Crippen LogP contribution is -2.54. The maximum atomic E-state index is 13.3. The number of carbonyl (C=O) groups is 3. The molecule has 1 aliphatic heterocycles. The highest BCUT2D eigenvalue weighted by Crippen LogP contribution is 2.30. The van der Waals surface area contributed by atoms with E-state index in [2.05, 4.69) is 21.2 Å². The second-order valence-corrected chi connectivity index (χ2v) is 11.2. The van der Waals surface area contributed by atoms with Crippen LogP contribution in [-0.2, 0) is 22.8 Å². The number of nitrogens with one attached hydrogen (secondary N) is 1. The van der Waals surface area contributed by atoms with E-state index in [-0.39, 0.29) is 17.9 Å². The Labute approximate surface area is 264 Å². The summed E-state index contributed by atoms with van der Waals surface area (Å²) in [5.41, 5.74) is 2.26. The average Bonchev–Trinajstić information content (AvgIpc) is 2.95. The maximum Gasteiger partial charge on any atom is 0.335 e. The summed E-state index contributed by atoms with van der Waals surface area (Å²) in [5, 5.41) is 3.84. The molecule has 42 heavy (non-hydrogen) atoms. The highest BCUT2D eigenvalue weighted by Gasteiger charge is 2.36. The van der Waals surface area contributed by atoms with Crippen LogP contribution < -0.4 is 19.7 Å². The Hall–Kier alpha value is -3.82. The Kier molecular flexibility index (Phi) is 9.18. The molecule has 4 aromatic carbocycles. The largest absolute Gasteiger partial charge is 0.489 e. The molecule has 5 rings (SSSR count). The van der Waals surface area contributed by atoms with Crippen molar-refractivity contribution in [1.82, 2.24) is 5.32 Å². The Morgan fingerprint density at radius 3 is 2.29 bits per heavy atom. The molecule has 1 aliphatic rings. The van der Waals surface area contributed by atoms with E-state index in [0.29, 0.717) is 43.2 Å². The number of imide groups is 2. The number of ether oxygens (including phenoxy) is 2. The van der Waals surface area contributed by atoms with Gasteiger partial charge in [0.1, 0.15) is 30.3 Å². The molecule has 212 valence electrons. The molecule has 1 saturated heterocycles. The third-order valence-corrected chi connectivity index (χ3v) is 7.60. The van der Waals surface area contributed by atoms with Gasteiger partial charge in [-0.05, 0) is 93.8 Å². The molecule has 1 heterocycles. The molecule has 0 aliphatic carbocycles. The van der Waals surface area contributed by atoms with Crippen LogP contribution in [0.4, 0.5) is 10.5 Å². The van der Waals surface area contributed by atoms with Gasteiger partial charge in [-0.25, -0.2) is 9.69 Å². The van der Waals surface area contributed by atoms with Gasteiger partial charge in [-0.2, -0.15) is 0 Å². The predicted octanol–water partition coefficient (Wildman–Crippen LogP) is 8.23. The number of hydrogen-bond donors (Lipinski definition) is 1. The molecular weight excluding hydrogens is 667 g/mol. The average molecular weight is 687 g/mol. The summed E-state index contributed by atoms with van der Waals surface area (Å²) in [6, 6.07) is 23.0. The van der Waals surface area contributed by atoms with E-state index in [1.165, 1.54) is 6.08 Å². The van der Waals surface area contributed by atoms with E-state index < -0.39 is 17.8 Å². The summed E-state index contributed by atoms with van der Waals surface area (Å²) in [5.74, 6) is -0.501. The summed E-state index contributed by atoms with van der Waals surface area (Å²) in [4.78, 5) is 39.5. The minimum absolute atomic E-state index is 0.194. The van der Waals surface area contributed by atoms with Gasteiger partial charge in [0.15, 0.2) is 0 Å². The van der Waals surface area contributed by atoms with Crippen molar-refractivity contribution < 1.29 is 23.9 Å². The molecule has 4 aromatic rings. The van der Waals surface area contributed by atoms with Gasteiger partial charge in [-0.3, -0.25) is 14.9 Å². The normalized spacial score (nSPS) is 14.2. The number of barbiturate groups is 1. The molecule has 0 radical (unpaired) electrons. The zero-order valence-electron chi connectivity index (χ0n) is 21.6. The van der Waals surface area contributed by atoms with Crippen molar-refractivity contribution in [3.8, 4) is 11.5 Å². The number of rotatable bonds is 8. The highest BCUT2D eigenvalue weighted by molar-refractivity contribution is 9.10. The molecule has 1 fully saturated rings. The first kappa shape index (κ1) is 29.7. The van der Waals surface area contributed by atoms with Gasteiger partial charge < -0.3 is 9.47 Å². The van der Waals surface area contributed by atoms with E-state index in [9.17, 15) is 14.4 Å². The Morgan fingerprint density at radius 1 is 0.810 bits per heavy atom. The molecule has 4 amide bonds. The van der Waals surface area contributed by atoms with E-state index >= 15 is 0 Å². The minimum atomic E-state index is -0.852. The standard InChI is InChI=1S/C31H20BrCl3N2O5/c32-26-14-18(4-11-28(26)42-16-19-2-1-3-21(33)12-19)13-25-29(38)36-31(40)37(30(25)39)23-7-9-24(10-8-23)41-17-20-5-6-22(34)15-27(20)35/h1-15H,16-17H2,(H,36,38,40)/b25-13+. The van der Waals surface area contributed by atoms with Gasteiger partial charge in [0.25, 0.3) is 11.8 Å². The number of anilines is 1. The van der Waals surface area contributed by atoms with E-state index in [0.717, 1.165) is 16.0 Å². The van der Waals surface area contributed by atoms with E-state index in [4.69, 9.17) is 44.3 Å². The summed E-state index contributed by atoms with van der Waals surface area (Å²) in [7, 11) is 0. The van der Waals surface area contributed by atoms with Crippen molar-refractivity contribution in [2.45, 2.75) is 13.2 Å². The number of amides is 4. The second kappa shape index (κ2) is 13.0. The molecule has 11 heteroatoms. The molecule has 0 unspecified atom stereocenters. The molecule has 0 aromatic heterocycles. The van der Waals surface area contributed by atoms with Crippen LogP contribution in [-0.4, -0.2) is 17.8 Å². The van der Waals surface area contributed by atoms with E-state index in [1.807, 2.05) is 18.2 Å². The molecule has 0 saturated carbocycles. The second-order valence-electron chi connectivity index (χ2n) is 9.08. The third-order valence-electron chi connectivity index (χ3n) is 6.16. The summed E-state index contributed by atoms with van der Waals surface area (Å²) in [6.07, 6.45) is 1.41. The third kappa shape index (κ3) is 6.97. The lowest BCUT2D eigenvalue weighted by atomic mass is 10.1.